The van der Waals surface area contributed by atoms with Gasteiger partial charge in [-0.3, -0.25) is 14.5 Å². The molecule has 5 rings (SSSR count). The molecule has 1 N–H and O–H groups in total. The van der Waals surface area contributed by atoms with E-state index < -0.39 is 17.8 Å². The van der Waals surface area contributed by atoms with Crippen molar-refractivity contribution in [3.63, 3.8) is 0 Å². The van der Waals surface area contributed by atoms with Gasteiger partial charge in [-0.2, -0.15) is 0 Å². The number of nitrogens with one attached hydrogen (secondary N) is 1. The third-order valence-corrected chi connectivity index (χ3v) is 7.22. The predicted molar refractivity (Wildman–Crippen MR) is 140 cm³/mol. The minimum atomic E-state index is -1.19. The Morgan fingerprint density at radius 3 is 2.54 bits per heavy atom. The summed E-state index contributed by atoms with van der Waals surface area (Å²) in [7, 11) is 0. The predicted octanol–water partition coefficient (Wildman–Crippen LogP) is 5.02. The molecule has 3 aromatic carbocycles. The Morgan fingerprint density at radius 2 is 1.76 bits per heavy atom. The lowest BCUT2D eigenvalue weighted by Gasteiger charge is -2.33. The summed E-state index contributed by atoms with van der Waals surface area (Å²) in [5, 5.41) is 11.4. The first kappa shape index (κ1) is 24.6. The maximum absolute atomic E-state index is 15.3. The molecule has 1 heterocycles. The molecule has 1 saturated carbocycles. The summed E-state index contributed by atoms with van der Waals surface area (Å²) in [5.41, 5.74) is 3.88. The highest BCUT2D eigenvalue weighted by atomic mass is 19.1. The monoisotopic (exact) mass is 499 g/mol. The van der Waals surface area contributed by atoms with Crippen LogP contribution >= 0.6 is 0 Å². The number of carbonyl (C=O) groups excluding carboxylic acids is 2. The number of carbonyl (C=O) groups is 2. The van der Waals surface area contributed by atoms with Crippen LogP contribution in [0.3, 0.4) is 0 Å². The normalized spacial score (nSPS) is 14.6. The highest BCUT2D eigenvalue weighted by Gasteiger charge is 2.37. The molecule has 0 unspecified atom stereocenters. The SMILES string of the molecule is Cc1cccc(N(C(=O)Cn2nnc3ccccc32)[C@@H](C(=O)NC2CCCC2)c2ccccc2F)c1C. The molecule has 0 bridgehead atoms. The lowest BCUT2D eigenvalue weighted by molar-refractivity contribution is -0.127. The van der Waals surface area contributed by atoms with Crippen molar-refractivity contribution in [2.45, 2.75) is 58.2 Å². The molecule has 1 fully saturated rings. The van der Waals surface area contributed by atoms with E-state index in [9.17, 15) is 9.59 Å². The van der Waals surface area contributed by atoms with Crippen LogP contribution in [0.2, 0.25) is 0 Å². The van der Waals surface area contributed by atoms with E-state index in [0.29, 0.717) is 16.7 Å². The first-order chi connectivity index (χ1) is 17.9. The van der Waals surface area contributed by atoms with Gasteiger partial charge in [0.25, 0.3) is 0 Å². The van der Waals surface area contributed by atoms with Crippen molar-refractivity contribution in [1.82, 2.24) is 20.3 Å². The van der Waals surface area contributed by atoms with E-state index in [-0.39, 0.29) is 24.1 Å². The van der Waals surface area contributed by atoms with Gasteiger partial charge in [-0.15, -0.1) is 5.10 Å². The number of nitrogens with zero attached hydrogens (tertiary/aromatic N) is 4. The van der Waals surface area contributed by atoms with E-state index >= 15 is 4.39 Å². The fraction of sp³-hybridized carbons (Fsp3) is 0.310. The van der Waals surface area contributed by atoms with Crippen LogP contribution in [-0.4, -0.2) is 32.9 Å². The Bertz CT molecular complexity index is 1440. The Hall–Kier alpha value is -4.07. The minimum absolute atomic E-state index is 0.0107. The second kappa shape index (κ2) is 10.5. The molecule has 1 atom stereocenters. The van der Waals surface area contributed by atoms with E-state index in [0.717, 1.165) is 36.8 Å². The second-order valence-corrected chi connectivity index (χ2v) is 9.63. The fourth-order valence-corrected chi connectivity index (χ4v) is 5.10. The van der Waals surface area contributed by atoms with E-state index in [1.807, 2.05) is 50.2 Å². The number of rotatable bonds is 7. The molecule has 1 aliphatic carbocycles. The Labute approximate surface area is 215 Å². The third kappa shape index (κ3) is 4.96. The first-order valence-corrected chi connectivity index (χ1v) is 12.7. The van der Waals surface area contributed by atoms with Crippen molar-refractivity contribution >= 4 is 28.5 Å². The zero-order valence-electron chi connectivity index (χ0n) is 21.0. The highest BCUT2D eigenvalue weighted by Crippen LogP contribution is 2.34. The lowest BCUT2D eigenvalue weighted by atomic mass is 9.99. The maximum Gasteiger partial charge on any atom is 0.249 e. The topological polar surface area (TPSA) is 80.1 Å². The number of anilines is 1. The molecule has 8 heteroatoms. The molecule has 1 aromatic heterocycles. The third-order valence-electron chi connectivity index (χ3n) is 7.22. The molecule has 2 amide bonds. The number of aromatic nitrogens is 3. The van der Waals surface area contributed by atoms with Gasteiger partial charge < -0.3 is 5.32 Å². The molecule has 190 valence electrons. The second-order valence-electron chi connectivity index (χ2n) is 9.63. The minimum Gasteiger partial charge on any atom is -0.351 e. The fourth-order valence-electron chi connectivity index (χ4n) is 5.10. The van der Waals surface area contributed by atoms with Gasteiger partial charge in [0.15, 0.2) is 0 Å². The molecule has 4 aromatic rings. The number of amides is 2. The van der Waals surface area contributed by atoms with E-state index in [1.165, 1.54) is 15.6 Å². The summed E-state index contributed by atoms with van der Waals surface area (Å²) < 4.78 is 16.8. The summed E-state index contributed by atoms with van der Waals surface area (Å²) in [4.78, 5) is 29.4. The summed E-state index contributed by atoms with van der Waals surface area (Å²) in [6, 6.07) is 17.9. The van der Waals surface area contributed by atoms with Crippen LogP contribution in [0.4, 0.5) is 10.1 Å². The van der Waals surface area contributed by atoms with Crippen LogP contribution in [-0.2, 0) is 16.1 Å². The van der Waals surface area contributed by atoms with Gasteiger partial charge in [0.1, 0.15) is 23.9 Å². The zero-order chi connectivity index (χ0) is 25.9. The van der Waals surface area contributed by atoms with E-state index in [2.05, 4.69) is 15.6 Å². The highest BCUT2D eigenvalue weighted by molar-refractivity contribution is 6.02. The number of aryl methyl sites for hydroxylation is 1. The number of fused-ring (bicyclic) bond motifs is 1. The molecular weight excluding hydrogens is 469 g/mol. The van der Waals surface area contributed by atoms with Gasteiger partial charge in [0, 0.05) is 17.3 Å². The van der Waals surface area contributed by atoms with Crippen LogP contribution in [0.25, 0.3) is 11.0 Å². The Kier molecular flexibility index (Phi) is 6.99. The number of hydrogen-bond donors (Lipinski definition) is 1. The molecule has 7 nitrogen and oxygen atoms in total. The molecule has 37 heavy (non-hydrogen) atoms. The van der Waals surface area contributed by atoms with Crippen LogP contribution in [0.1, 0.15) is 48.4 Å². The Morgan fingerprint density at radius 1 is 1.03 bits per heavy atom. The van der Waals surface area contributed by atoms with Crippen molar-refractivity contribution in [3.05, 3.63) is 89.2 Å². The van der Waals surface area contributed by atoms with E-state index in [4.69, 9.17) is 0 Å². The van der Waals surface area contributed by atoms with Crippen molar-refractivity contribution in [2.75, 3.05) is 4.90 Å². The number of para-hydroxylation sites is 1. The van der Waals surface area contributed by atoms with Gasteiger partial charge >= 0.3 is 0 Å². The molecular formula is C29H30FN5O2. The average Bonchev–Trinajstić information content (AvgIpc) is 3.55. The van der Waals surface area contributed by atoms with Crippen LogP contribution in [0.15, 0.2) is 66.7 Å². The standard InChI is InChI=1S/C29H30FN5O2/c1-19-10-9-17-25(20(19)2)35(27(36)18-34-26-16-8-7-15-24(26)32-33-34)28(22-13-5-6-14-23(22)30)29(37)31-21-11-3-4-12-21/h5-10,13-17,21,28H,3-4,11-12,18H2,1-2H3,(H,31,37)/t28-/m1/s1. The number of hydrogen-bond acceptors (Lipinski definition) is 4. The van der Waals surface area contributed by atoms with Crippen LogP contribution in [0, 0.1) is 19.7 Å². The molecule has 0 radical (unpaired) electrons. The summed E-state index contributed by atoms with van der Waals surface area (Å²) in [6.45, 7) is 3.70. The lowest BCUT2D eigenvalue weighted by Crippen LogP contribution is -2.48. The summed E-state index contributed by atoms with van der Waals surface area (Å²) in [5.74, 6) is -1.32. The molecule has 0 spiro atoms. The van der Waals surface area contributed by atoms with Crippen LogP contribution < -0.4 is 10.2 Å². The smallest absolute Gasteiger partial charge is 0.249 e. The van der Waals surface area contributed by atoms with Gasteiger partial charge in [-0.1, -0.05) is 60.5 Å². The summed E-state index contributed by atoms with van der Waals surface area (Å²) in [6.07, 6.45) is 3.82. The first-order valence-electron chi connectivity index (χ1n) is 12.7. The van der Waals surface area contributed by atoms with Gasteiger partial charge in [-0.25, -0.2) is 9.07 Å². The Balaban J connectivity index is 1.62. The van der Waals surface area contributed by atoms with Crippen molar-refractivity contribution in [3.8, 4) is 0 Å². The van der Waals surface area contributed by atoms with Crippen LogP contribution in [0.5, 0.6) is 0 Å². The molecule has 0 saturated heterocycles. The van der Waals surface area contributed by atoms with Gasteiger partial charge in [0.05, 0.1) is 5.52 Å². The molecule has 1 aliphatic rings. The average molecular weight is 500 g/mol. The van der Waals surface area contributed by atoms with E-state index in [1.54, 1.807) is 24.3 Å². The quantitative estimate of drug-likeness (QED) is 0.387. The zero-order valence-corrected chi connectivity index (χ0v) is 21.0. The van der Waals surface area contributed by atoms with Crippen molar-refractivity contribution in [1.29, 1.82) is 0 Å². The summed E-state index contributed by atoms with van der Waals surface area (Å²) >= 11 is 0. The van der Waals surface area contributed by atoms with Crippen molar-refractivity contribution < 1.29 is 14.0 Å². The molecule has 0 aliphatic heterocycles. The maximum atomic E-state index is 15.3. The van der Waals surface area contributed by atoms with Gasteiger partial charge in [0.2, 0.25) is 11.8 Å². The van der Waals surface area contributed by atoms with Gasteiger partial charge in [-0.05, 0) is 62.1 Å². The number of benzene rings is 3. The van der Waals surface area contributed by atoms with Crippen molar-refractivity contribution in [2.24, 2.45) is 0 Å². The largest absolute Gasteiger partial charge is 0.351 e. The number of halogens is 1.